The molecule has 0 bridgehead atoms. The maximum absolute atomic E-state index is 13.8. The van der Waals surface area contributed by atoms with Gasteiger partial charge in [0.1, 0.15) is 0 Å². The predicted molar refractivity (Wildman–Crippen MR) is 123 cm³/mol. The largest absolute Gasteiger partial charge is 0.381 e. The van der Waals surface area contributed by atoms with Crippen molar-refractivity contribution in [2.75, 3.05) is 26.3 Å². The molecule has 6 nitrogen and oxygen atoms in total. The number of ether oxygens (including phenoxy) is 1. The lowest BCUT2D eigenvalue weighted by atomic mass is 9.72. The van der Waals surface area contributed by atoms with E-state index in [-0.39, 0.29) is 11.5 Å². The quantitative estimate of drug-likeness (QED) is 0.740. The molecule has 0 spiro atoms. The minimum Gasteiger partial charge on any atom is -0.381 e. The predicted octanol–water partition coefficient (Wildman–Crippen LogP) is 3.11. The van der Waals surface area contributed by atoms with Gasteiger partial charge in [-0.25, -0.2) is 4.68 Å². The van der Waals surface area contributed by atoms with E-state index in [0.29, 0.717) is 25.7 Å². The number of aryl methyl sites for hydroxylation is 2. The Hall–Kier alpha value is -2.47. The van der Waals surface area contributed by atoms with Crippen LogP contribution in [0.1, 0.15) is 55.3 Å². The Morgan fingerprint density at radius 2 is 1.78 bits per heavy atom. The lowest BCUT2D eigenvalue weighted by Gasteiger charge is -2.42. The molecule has 2 aliphatic heterocycles. The van der Waals surface area contributed by atoms with E-state index < -0.39 is 5.41 Å². The average molecular weight is 436 g/mol. The molecule has 0 radical (unpaired) electrons. The maximum atomic E-state index is 13.8. The summed E-state index contributed by atoms with van der Waals surface area (Å²) < 4.78 is 7.28. The fourth-order valence-electron chi connectivity index (χ4n) is 5.70. The van der Waals surface area contributed by atoms with Crippen molar-refractivity contribution >= 4 is 5.91 Å². The number of hydrogen-bond donors (Lipinski definition) is 0. The number of fused-ring (bicyclic) bond motifs is 1. The SMILES string of the molecule is O=C(N1CCC(Cn2nc3c(cc2=O)CCCC3)CC1)C1(c2ccccc2)CCOCC1. The van der Waals surface area contributed by atoms with Crippen molar-refractivity contribution < 1.29 is 9.53 Å². The lowest BCUT2D eigenvalue weighted by Crippen LogP contribution is -2.52. The number of piperidine rings is 1. The van der Waals surface area contributed by atoms with E-state index in [1.165, 1.54) is 0 Å². The first-order chi connectivity index (χ1) is 15.7. The molecule has 1 aliphatic carbocycles. The van der Waals surface area contributed by atoms with Crippen molar-refractivity contribution in [3.8, 4) is 0 Å². The molecule has 170 valence electrons. The van der Waals surface area contributed by atoms with Gasteiger partial charge in [0.05, 0.1) is 11.1 Å². The zero-order valence-electron chi connectivity index (χ0n) is 18.8. The van der Waals surface area contributed by atoms with Crippen molar-refractivity contribution in [2.45, 2.75) is 63.3 Å². The summed E-state index contributed by atoms with van der Waals surface area (Å²) in [5.41, 5.74) is 2.91. The molecule has 0 saturated carbocycles. The second-order valence-electron chi connectivity index (χ2n) is 9.64. The summed E-state index contributed by atoms with van der Waals surface area (Å²) in [6.45, 7) is 3.41. The standard InChI is InChI=1S/C26H33N3O3/c30-24-18-21-6-4-5-9-23(21)27-29(24)19-20-10-14-28(15-11-20)25(31)26(12-16-32-17-13-26)22-7-2-1-3-8-22/h1-3,7-8,18,20H,4-6,9-17,19H2. The van der Waals surface area contributed by atoms with Crippen LogP contribution in [0.2, 0.25) is 0 Å². The highest BCUT2D eigenvalue weighted by atomic mass is 16.5. The van der Waals surface area contributed by atoms with Gasteiger partial charge in [0, 0.05) is 38.9 Å². The minimum absolute atomic E-state index is 0.0226. The molecule has 32 heavy (non-hydrogen) atoms. The summed E-state index contributed by atoms with van der Waals surface area (Å²) in [6, 6.07) is 12.0. The number of nitrogens with zero attached hydrogens (tertiary/aromatic N) is 3. The van der Waals surface area contributed by atoms with Gasteiger partial charge in [-0.2, -0.15) is 5.10 Å². The number of benzene rings is 1. The summed E-state index contributed by atoms with van der Waals surface area (Å²) >= 11 is 0. The monoisotopic (exact) mass is 435 g/mol. The number of rotatable bonds is 4. The molecule has 2 fully saturated rings. The zero-order valence-corrected chi connectivity index (χ0v) is 18.8. The summed E-state index contributed by atoms with van der Waals surface area (Å²) in [5, 5.41) is 4.69. The molecule has 0 unspecified atom stereocenters. The summed E-state index contributed by atoms with van der Waals surface area (Å²) in [4.78, 5) is 28.4. The van der Waals surface area contributed by atoms with Crippen LogP contribution in [0.15, 0.2) is 41.2 Å². The Kier molecular flexibility index (Phi) is 6.13. The second-order valence-corrected chi connectivity index (χ2v) is 9.64. The third-order valence-corrected chi connectivity index (χ3v) is 7.69. The molecule has 1 aromatic heterocycles. The van der Waals surface area contributed by atoms with E-state index >= 15 is 0 Å². The van der Waals surface area contributed by atoms with Crippen molar-refractivity contribution in [3.05, 3.63) is 63.6 Å². The van der Waals surface area contributed by atoms with Crippen molar-refractivity contribution in [1.29, 1.82) is 0 Å². The fraction of sp³-hybridized carbons (Fsp3) is 0.577. The highest BCUT2D eigenvalue weighted by Gasteiger charge is 2.44. The summed E-state index contributed by atoms with van der Waals surface area (Å²) in [5.74, 6) is 0.628. The van der Waals surface area contributed by atoms with E-state index in [2.05, 4.69) is 17.0 Å². The van der Waals surface area contributed by atoms with Gasteiger partial charge in [0.2, 0.25) is 5.91 Å². The Bertz CT molecular complexity index is 1000. The van der Waals surface area contributed by atoms with E-state index in [1.54, 1.807) is 10.7 Å². The molecule has 1 amide bonds. The van der Waals surface area contributed by atoms with Crippen LogP contribution in [0.5, 0.6) is 0 Å². The number of aromatic nitrogens is 2. The Balaban J connectivity index is 1.26. The molecule has 0 atom stereocenters. The van der Waals surface area contributed by atoms with E-state index in [1.807, 2.05) is 18.2 Å². The Labute approximate surface area is 189 Å². The number of amides is 1. The van der Waals surface area contributed by atoms with Crippen LogP contribution >= 0.6 is 0 Å². The number of carbonyl (C=O) groups is 1. The van der Waals surface area contributed by atoms with Gasteiger partial charge in [-0.15, -0.1) is 0 Å². The average Bonchev–Trinajstić information content (AvgIpc) is 2.85. The highest BCUT2D eigenvalue weighted by Crippen LogP contribution is 2.37. The van der Waals surface area contributed by atoms with Crippen LogP contribution in [-0.4, -0.2) is 46.9 Å². The molecule has 0 N–H and O–H groups in total. The van der Waals surface area contributed by atoms with Crippen LogP contribution in [0.25, 0.3) is 0 Å². The van der Waals surface area contributed by atoms with Gasteiger partial charge in [-0.05, 0) is 68.4 Å². The Morgan fingerprint density at radius 3 is 2.53 bits per heavy atom. The van der Waals surface area contributed by atoms with Gasteiger partial charge < -0.3 is 9.64 Å². The molecular weight excluding hydrogens is 402 g/mol. The third kappa shape index (κ3) is 4.13. The summed E-state index contributed by atoms with van der Waals surface area (Å²) in [7, 11) is 0. The fourth-order valence-corrected chi connectivity index (χ4v) is 5.70. The number of likely N-dealkylation sites (tertiary alicyclic amines) is 1. The maximum Gasteiger partial charge on any atom is 0.267 e. The molecule has 1 aromatic carbocycles. The second kappa shape index (κ2) is 9.18. The topological polar surface area (TPSA) is 64.4 Å². The first kappa shape index (κ1) is 21.4. The summed E-state index contributed by atoms with van der Waals surface area (Å²) in [6.07, 6.45) is 7.58. The van der Waals surface area contributed by atoms with E-state index in [0.717, 1.165) is 81.3 Å². The molecule has 3 aliphatic rings. The molecule has 6 heteroatoms. The zero-order chi connectivity index (χ0) is 22.0. The highest BCUT2D eigenvalue weighted by molar-refractivity contribution is 5.88. The number of carbonyl (C=O) groups excluding carboxylic acids is 1. The van der Waals surface area contributed by atoms with E-state index in [9.17, 15) is 9.59 Å². The van der Waals surface area contributed by atoms with Gasteiger partial charge >= 0.3 is 0 Å². The van der Waals surface area contributed by atoms with Gasteiger partial charge in [-0.3, -0.25) is 9.59 Å². The molecule has 2 saturated heterocycles. The molecule has 2 aromatic rings. The van der Waals surface area contributed by atoms with Crippen LogP contribution in [-0.2, 0) is 34.3 Å². The first-order valence-corrected chi connectivity index (χ1v) is 12.2. The van der Waals surface area contributed by atoms with Crippen LogP contribution < -0.4 is 5.56 Å². The first-order valence-electron chi connectivity index (χ1n) is 12.2. The number of hydrogen-bond acceptors (Lipinski definition) is 4. The van der Waals surface area contributed by atoms with Crippen molar-refractivity contribution in [1.82, 2.24) is 14.7 Å². The van der Waals surface area contributed by atoms with E-state index in [4.69, 9.17) is 9.84 Å². The van der Waals surface area contributed by atoms with Gasteiger partial charge in [0.25, 0.3) is 5.56 Å². The van der Waals surface area contributed by atoms with Crippen molar-refractivity contribution in [3.63, 3.8) is 0 Å². The van der Waals surface area contributed by atoms with Crippen LogP contribution in [0, 0.1) is 5.92 Å². The van der Waals surface area contributed by atoms with Crippen LogP contribution in [0.4, 0.5) is 0 Å². The molecule has 5 rings (SSSR count). The van der Waals surface area contributed by atoms with Crippen LogP contribution in [0.3, 0.4) is 0 Å². The molecule has 3 heterocycles. The lowest BCUT2D eigenvalue weighted by molar-refractivity contribution is -0.142. The van der Waals surface area contributed by atoms with Crippen molar-refractivity contribution in [2.24, 2.45) is 5.92 Å². The normalized spacial score (nSPS) is 21.2. The molecular formula is C26H33N3O3. The van der Waals surface area contributed by atoms with Gasteiger partial charge in [-0.1, -0.05) is 30.3 Å². The van der Waals surface area contributed by atoms with Gasteiger partial charge in [0.15, 0.2) is 0 Å². The smallest absolute Gasteiger partial charge is 0.267 e. The Morgan fingerprint density at radius 1 is 1.06 bits per heavy atom. The third-order valence-electron chi connectivity index (χ3n) is 7.69. The minimum atomic E-state index is -0.469.